The standard InChI is InChI=1S/C8H11BN.C5H5.2ClH.Zr/c1-10(2)9-8-6-4-3-5-7-8;1-2-4-5-3-1;;;/h3-7H,1-2H3;1-3H,4H2;2*1H;/q;-1;;;. The molecule has 0 aromatic heterocycles. The van der Waals surface area contributed by atoms with Crippen LogP contribution in [0.5, 0.6) is 0 Å². The van der Waals surface area contributed by atoms with Crippen molar-refractivity contribution in [1.82, 2.24) is 4.81 Å². The molecule has 0 unspecified atom stereocenters. The fraction of sp³-hybridized carbons (Fsp3) is 0.231. The Bertz CT molecular complexity index is 319. The molecule has 1 aliphatic rings. The van der Waals surface area contributed by atoms with Gasteiger partial charge >= 0.3 is 0 Å². The van der Waals surface area contributed by atoms with Crippen molar-refractivity contribution in [2.24, 2.45) is 0 Å². The summed E-state index contributed by atoms with van der Waals surface area (Å²) in [5, 5.41) is 0. The summed E-state index contributed by atoms with van der Waals surface area (Å²) in [7, 11) is 6.12. The summed E-state index contributed by atoms with van der Waals surface area (Å²) >= 11 is 0. The maximum atomic E-state index is 2.99. The van der Waals surface area contributed by atoms with Crippen LogP contribution in [0.2, 0.25) is 0 Å². The molecule has 0 spiro atoms. The van der Waals surface area contributed by atoms with Gasteiger partial charge in [-0.15, -0.1) is 31.2 Å². The molecule has 0 heterocycles. The van der Waals surface area contributed by atoms with Crippen LogP contribution in [0.15, 0.2) is 48.6 Å². The molecular weight excluding hydrogens is 343 g/mol. The molecule has 18 heavy (non-hydrogen) atoms. The van der Waals surface area contributed by atoms with Gasteiger partial charge in [-0.2, -0.15) is 6.08 Å². The van der Waals surface area contributed by atoms with Crippen LogP contribution in [-0.4, -0.2) is 26.3 Å². The predicted molar refractivity (Wildman–Crippen MR) is 81.6 cm³/mol. The molecule has 1 aromatic rings. The Hall–Kier alpha value is 0.188. The van der Waals surface area contributed by atoms with E-state index in [4.69, 9.17) is 0 Å². The fourth-order valence-corrected chi connectivity index (χ4v) is 1.18. The molecule has 0 fully saturated rings. The molecular formula is C13H18BCl2NZr-. The van der Waals surface area contributed by atoms with Gasteiger partial charge in [0.2, 0.25) is 7.41 Å². The van der Waals surface area contributed by atoms with E-state index in [-0.39, 0.29) is 51.0 Å². The summed E-state index contributed by atoms with van der Waals surface area (Å²) < 4.78 is 0. The van der Waals surface area contributed by atoms with Crippen LogP contribution in [-0.2, 0) is 26.2 Å². The Balaban J connectivity index is -0.000000245. The zero-order valence-corrected chi connectivity index (χ0v) is 14.8. The van der Waals surface area contributed by atoms with Gasteiger partial charge in [0, 0.05) is 26.2 Å². The second-order valence-corrected chi connectivity index (χ2v) is 3.51. The van der Waals surface area contributed by atoms with Gasteiger partial charge in [0.1, 0.15) is 0 Å². The quantitative estimate of drug-likeness (QED) is 0.578. The number of allylic oxidation sites excluding steroid dienone is 4. The first kappa shape index (κ1) is 23.3. The van der Waals surface area contributed by atoms with Crippen LogP contribution in [0, 0.1) is 6.08 Å². The summed E-state index contributed by atoms with van der Waals surface area (Å²) in [5.74, 6) is 0. The monoisotopic (exact) mass is 359 g/mol. The van der Waals surface area contributed by atoms with Crippen molar-refractivity contribution < 1.29 is 26.2 Å². The van der Waals surface area contributed by atoms with Crippen LogP contribution < -0.4 is 5.46 Å². The first-order valence-electron chi connectivity index (χ1n) is 5.07. The van der Waals surface area contributed by atoms with Crippen LogP contribution in [0.25, 0.3) is 0 Å². The molecule has 0 amide bonds. The molecule has 0 atom stereocenters. The van der Waals surface area contributed by atoms with Crippen molar-refractivity contribution in [3.8, 4) is 0 Å². The van der Waals surface area contributed by atoms with E-state index >= 15 is 0 Å². The summed E-state index contributed by atoms with van der Waals surface area (Å²) in [5.41, 5.74) is 1.24. The van der Waals surface area contributed by atoms with E-state index in [0.29, 0.717) is 0 Å². The summed E-state index contributed by atoms with van der Waals surface area (Å²) in [6, 6.07) is 10.3. The average Bonchev–Trinajstić information content (AvgIpc) is 2.76. The van der Waals surface area contributed by atoms with Crippen molar-refractivity contribution in [3.63, 3.8) is 0 Å². The normalized spacial score (nSPS) is 10.4. The number of nitrogens with zero attached hydrogens (tertiary/aromatic N) is 1. The van der Waals surface area contributed by atoms with E-state index in [2.05, 4.69) is 31.7 Å². The second kappa shape index (κ2) is 15.2. The van der Waals surface area contributed by atoms with E-state index in [1.165, 1.54) is 5.46 Å². The third kappa shape index (κ3) is 12.6. The third-order valence-corrected chi connectivity index (χ3v) is 1.79. The fourth-order valence-electron chi connectivity index (χ4n) is 1.18. The minimum absolute atomic E-state index is 0. The van der Waals surface area contributed by atoms with Gasteiger partial charge in [0.15, 0.2) is 0 Å². The number of hydrogen-bond donors (Lipinski definition) is 0. The van der Waals surface area contributed by atoms with E-state index in [0.717, 1.165) is 6.42 Å². The van der Waals surface area contributed by atoms with Crippen molar-refractivity contribution in [2.45, 2.75) is 6.42 Å². The molecule has 1 aliphatic carbocycles. The number of hydrogen-bond acceptors (Lipinski definition) is 1. The summed E-state index contributed by atoms with van der Waals surface area (Å²) in [4.78, 5) is 2.04. The maximum absolute atomic E-state index is 2.99. The molecule has 5 heteroatoms. The minimum Gasteiger partial charge on any atom is -0.348 e. The first-order chi connectivity index (χ1) is 7.29. The van der Waals surface area contributed by atoms with Crippen LogP contribution in [0.1, 0.15) is 6.42 Å². The zero-order valence-electron chi connectivity index (χ0n) is 10.7. The minimum atomic E-state index is 0. The van der Waals surface area contributed by atoms with E-state index in [9.17, 15) is 0 Å². The van der Waals surface area contributed by atoms with Crippen molar-refractivity contribution in [2.75, 3.05) is 14.1 Å². The van der Waals surface area contributed by atoms with Gasteiger partial charge < -0.3 is 4.81 Å². The molecule has 97 valence electrons. The second-order valence-electron chi connectivity index (χ2n) is 3.51. The van der Waals surface area contributed by atoms with E-state index < -0.39 is 0 Å². The van der Waals surface area contributed by atoms with Gasteiger partial charge in [-0.1, -0.05) is 35.8 Å². The molecule has 2 rings (SSSR count). The van der Waals surface area contributed by atoms with Gasteiger partial charge in [0.25, 0.3) is 0 Å². The molecule has 0 bridgehead atoms. The number of halogens is 2. The van der Waals surface area contributed by atoms with Crippen LogP contribution in [0.3, 0.4) is 0 Å². The average molecular weight is 361 g/mol. The zero-order chi connectivity index (χ0) is 10.9. The molecule has 0 saturated heterocycles. The predicted octanol–water partition coefficient (Wildman–Crippen LogP) is 2.64. The van der Waals surface area contributed by atoms with E-state index in [1.807, 2.05) is 49.3 Å². The smallest absolute Gasteiger partial charge is 0.247 e. The van der Waals surface area contributed by atoms with Crippen LogP contribution >= 0.6 is 24.8 Å². The van der Waals surface area contributed by atoms with Gasteiger partial charge in [-0.25, -0.2) is 12.2 Å². The van der Waals surface area contributed by atoms with Crippen LogP contribution in [0.4, 0.5) is 0 Å². The Morgan fingerprint density at radius 3 is 2.06 bits per heavy atom. The Morgan fingerprint density at radius 1 is 1.11 bits per heavy atom. The number of benzene rings is 1. The number of rotatable bonds is 2. The van der Waals surface area contributed by atoms with E-state index in [1.54, 1.807) is 0 Å². The van der Waals surface area contributed by atoms with Crippen molar-refractivity contribution in [1.29, 1.82) is 0 Å². The summed E-state index contributed by atoms with van der Waals surface area (Å²) in [6.07, 6.45) is 10.0. The van der Waals surface area contributed by atoms with Gasteiger partial charge in [-0.3, -0.25) is 6.08 Å². The Morgan fingerprint density at radius 2 is 1.72 bits per heavy atom. The largest absolute Gasteiger partial charge is 0.348 e. The van der Waals surface area contributed by atoms with Crippen molar-refractivity contribution in [3.05, 3.63) is 54.6 Å². The maximum Gasteiger partial charge on any atom is 0.247 e. The van der Waals surface area contributed by atoms with Gasteiger partial charge in [-0.05, 0) is 14.1 Å². The summed E-state index contributed by atoms with van der Waals surface area (Å²) in [6.45, 7) is 0. The molecule has 0 N–H and O–H groups in total. The third-order valence-electron chi connectivity index (χ3n) is 1.79. The molecule has 0 aliphatic heterocycles. The Kier molecular flexibility index (Phi) is 19.7. The van der Waals surface area contributed by atoms with Gasteiger partial charge in [0.05, 0.1) is 0 Å². The van der Waals surface area contributed by atoms with Crippen molar-refractivity contribution >= 4 is 37.7 Å². The first-order valence-corrected chi connectivity index (χ1v) is 5.07. The molecule has 1 aromatic carbocycles. The molecule has 0 saturated carbocycles. The molecule has 1 nitrogen and oxygen atoms in total. The Labute approximate surface area is 143 Å². The molecule has 1 radical (unpaired) electrons. The SMILES string of the molecule is CN(C)[B]c1ccccc1.Cl.Cl.[C-]1=CC=CC1.[Zr]. The topological polar surface area (TPSA) is 3.24 Å².